The summed E-state index contributed by atoms with van der Waals surface area (Å²) in [5.41, 5.74) is 9.17. The van der Waals surface area contributed by atoms with Crippen molar-refractivity contribution in [3.63, 3.8) is 0 Å². The standard InChI is InChI=1S/C19H25N/c1-2-3-6-15-18(20)19(16-11-7-4-8-12-16)17-13-9-5-10-14-17/h4-5,7-14,18-19H,2-3,6,15,20H2,1H3. The van der Waals surface area contributed by atoms with Gasteiger partial charge in [-0.3, -0.25) is 0 Å². The van der Waals surface area contributed by atoms with Gasteiger partial charge in [-0.05, 0) is 17.5 Å². The van der Waals surface area contributed by atoms with E-state index in [4.69, 9.17) is 5.73 Å². The van der Waals surface area contributed by atoms with Crippen LogP contribution in [0.4, 0.5) is 0 Å². The second kappa shape index (κ2) is 7.86. The van der Waals surface area contributed by atoms with Crippen LogP contribution >= 0.6 is 0 Å². The summed E-state index contributed by atoms with van der Waals surface area (Å²) in [5.74, 6) is 0.300. The molecule has 1 heteroatoms. The second-order valence-corrected chi connectivity index (χ2v) is 5.46. The van der Waals surface area contributed by atoms with Gasteiger partial charge in [-0.25, -0.2) is 0 Å². The highest BCUT2D eigenvalue weighted by Gasteiger charge is 2.21. The summed E-state index contributed by atoms with van der Waals surface area (Å²) in [6.07, 6.45) is 4.81. The smallest absolute Gasteiger partial charge is 0.0241 e. The maximum Gasteiger partial charge on any atom is 0.0241 e. The highest BCUT2D eigenvalue weighted by Crippen LogP contribution is 2.29. The van der Waals surface area contributed by atoms with Crippen LogP contribution in [0.2, 0.25) is 0 Å². The predicted octanol–water partition coefficient (Wildman–Crippen LogP) is 4.73. The zero-order valence-corrected chi connectivity index (χ0v) is 12.3. The maximum absolute atomic E-state index is 6.52. The molecule has 0 aliphatic rings. The van der Waals surface area contributed by atoms with Crippen LogP contribution in [0.1, 0.15) is 49.7 Å². The normalized spacial score (nSPS) is 12.6. The summed E-state index contributed by atoms with van der Waals surface area (Å²) >= 11 is 0. The average molecular weight is 267 g/mol. The first kappa shape index (κ1) is 14.8. The number of rotatable bonds is 7. The zero-order valence-electron chi connectivity index (χ0n) is 12.3. The molecule has 0 aromatic heterocycles. The van der Waals surface area contributed by atoms with Crippen LogP contribution in [0, 0.1) is 0 Å². The molecule has 0 aliphatic heterocycles. The molecule has 2 aromatic rings. The Morgan fingerprint density at radius 2 is 1.30 bits per heavy atom. The number of benzene rings is 2. The van der Waals surface area contributed by atoms with Gasteiger partial charge in [-0.2, -0.15) is 0 Å². The summed E-state index contributed by atoms with van der Waals surface area (Å²) in [4.78, 5) is 0. The van der Waals surface area contributed by atoms with E-state index in [9.17, 15) is 0 Å². The molecule has 2 aromatic carbocycles. The minimum absolute atomic E-state index is 0.186. The van der Waals surface area contributed by atoms with Gasteiger partial charge >= 0.3 is 0 Å². The van der Waals surface area contributed by atoms with E-state index < -0.39 is 0 Å². The molecule has 0 radical (unpaired) electrons. The molecule has 1 atom stereocenters. The lowest BCUT2D eigenvalue weighted by Crippen LogP contribution is -2.29. The fraction of sp³-hybridized carbons (Fsp3) is 0.368. The molecular weight excluding hydrogens is 242 g/mol. The molecule has 2 N–H and O–H groups in total. The monoisotopic (exact) mass is 267 g/mol. The molecule has 0 saturated heterocycles. The lowest BCUT2D eigenvalue weighted by atomic mass is 9.83. The highest BCUT2D eigenvalue weighted by atomic mass is 14.6. The van der Waals surface area contributed by atoms with Crippen LogP contribution in [-0.2, 0) is 0 Å². The Morgan fingerprint density at radius 1 is 0.800 bits per heavy atom. The molecule has 106 valence electrons. The molecule has 0 aliphatic carbocycles. The van der Waals surface area contributed by atoms with E-state index in [0.717, 1.165) is 6.42 Å². The molecule has 1 unspecified atom stereocenters. The van der Waals surface area contributed by atoms with Crippen molar-refractivity contribution in [1.29, 1.82) is 0 Å². The lowest BCUT2D eigenvalue weighted by molar-refractivity contribution is 0.515. The predicted molar refractivity (Wildman–Crippen MR) is 86.8 cm³/mol. The molecule has 20 heavy (non-hydrogen) atoms. The van der Waals surface area contributed by atoms with Crippen molar-refractivity contribution < 1.29 is 0 Å². The Hall–Kier alpha value is -1.60. The molecule has 1 nitrogen and oxygen atoms in total. The molecule has 0 heterocycles. The van der Waals surface area contributed by atoms with Gasteiger partial charge in [0.15, 0.2) is 0 Å². The van der Waals surface area contributed by atoms with Gasteiger partial charge < -0.3 is 5.73 Å². The van der Waals surface area contributed by atoms with Gasteiger partial charge in [0.1, 0.15) is 0 Å². The molecule has 0 amide bonds. The average Bonchev–Trinajstić information content (AvgIpc) is 2.50. The van der Waals surface area contributed by atoms with Gasteiger partial charge in [-0.15, -0.1) is 0 Å². The van der Waals surface area contributed by atoms with Gasteiger partial charge in [0.2, 0.25) is 0 Å². The SMILES string of the molecule is CCCCCC(N)C(c1ccccc1)c1ccccc1. The highest BCUT2D eigenvalue weighted by molar-refractivity contribution is 5.34. The van der Waals surface area contributed by atoms with Crippen LogP contribution in [0.3, 0.4) is 0 Å². The Kier molecular flexibility index (Phi) is 5.82. The largest absolute Gasteiger partial charge is 0.327 e. The van der Waals surface area contributed by atoms with Crippen molar-refractivity contribution in [2.24, 2.45) is 5.73 Å². The van der Waals surface area contributed by atoms with E-state index in [1.807, 2.05) is 0 Å². The summed E-state index contributed by atoms with van der Waals surface area (Å²) < 4.78 is 0. The first-order valence-corrected chi connectivity index (χ1v) is 7.68. The van der Waals surface area contributed by atoms with Gasteiger partial charge in [0, 0.05) is 12.0 Å². The van der Waals surface area contributed by atoms with E-state index in [1.165, 1.54) is 30.4 Å². The lowest BCUT2D eigenvalue weighted by Gasteiger charge is -2.25. The molecule has 0 fully saturated rings. The van der Waals surface area contributed by atoms with E-state index >= 15 is 0 Å². The Bertz CT molecular complexity index is 438. The van der Waals surface area contributed by atoms with E-state index in [1.54, 1.807) is 0 Å². The molecule has 0 spiro atoms. The van der Waals surface area contributed by atoms with E-state index in [2.05, 4.69) is 67.6 Å². The van der Waals surface area contributed by atoms with E-state index in [0.29, 0.717) is 5.92 Å². The Balaban J connectivity index is 2.21. The van der Waals surface area contributed by atoms with Crippen molar-refractivity contribution in [3.05, 3.63) is 71.8 Å². The summed E-state index contributed by atoms with van der Waals surface area (Å²) in [5, 5.41) is 0. The summed E-state index contributed by atoms with van der Waals surface area (Å²) in [6, 6.07) is 21.5. The summed E-state index contributed by atoms with van der Waals surface area (Å²) in [6.45, 7) is 2.23. The van der Waals surface area contributed by atoms with Crippen LogP contribution in [0.15, 0.2) is 60.7 Å². The first-order chi connectivity index (χ1) is 9.83. The van der Waals surface area contributed by atoms with Gasteiger partial charge in [0.25, 0.3) is 0 Å². The van der Waals surface area contributed by atoms with Crippen LogP contribution in [0.5, 0.6) is 0 Å². The Morgan fingerprint density at radius 3 is 1.75 bits per heavy atom. The number of hydrogen-bond donors (Lipinski definition) is 1. The topological polar surface area (TPSA) is 26.0 Å². The number of hydrogen-bond acceptors (Lipinski definition) is 1. The number of nitrogens with two attached hydrogens (primary N) is 1. The molecule has 0 bridgehead atoms. The fourth-order valence-electron chi connectivity index (χ4n) is 2.80. The Labute approximate surface area is 122 Å². The third-order valence-electron chi connectivity index (χ3n) is 3.89. The van der Waals surface area contributed by atoms with Crippen LogP contribution in [-0.4, -0.2) is 6.04 Å². The zero-order chi connectivity index (χ0) is 14.2. The van der Waals surface area contributed by atoms with Gasteiger partial charge in [-0.1, -0.05) is 86.8 Å². The first-order valence-electron chi connectivity index (χ1n) is 7.68. The fourth-order valence-corrected chi connectivity index (χ4v) is 2.80. The van der Waals surface area contributed by atoms with Crippen molar-refractivity contribution >= 4 is 0 Å². The molecule has 2 rings (SSSR count). The van der Waals surface area contributed by atoms with E-state index in [-0.39, 0.29) is 6.04 Å². The van der Waals surface area contributed by atoms with Crippen molar-refractivity contribution in [3.8, 4) is 0 Å². The van der Waals surface area contributed by atoms with Crippen molar-refractivity contribution in [1.82, 2.24) is 0 Å². The third kappa shape index (κ3) is 3.94. The minimum Gasteiger partial charge on any atom is -0.327 e. The molecule has 0 saturated carbocycles. The minimum atomic E-state index is 0.186. The van der Waals surface area contributed by atoms with Crippen molar-refractivity contribution in [2.45, 2.75) is 44.6 Å². The third-order valence-corrected chi connectivity index (χ3v) is 3.89. The van der Waals surface area contributed by atoms with Gasteiger partial charge in [0.05, 0.1) is 0 Å². The molecular formula is C19H25N. The maximum atomic E-state index is 6.52. The second-order valence-electron chi connectivity index (χ2n) is 5.46. The quantitative estimate of drug-likeness (QED) is 0.721. The summed E-state index contributed by atoms with van der Waals surface area (Å²) in [7, 11) is 0. The number of unbranched alkanes of at least 4 members (excludes halogenated alkanes) is 2. The van der Waals surface area contributed by atoms with Crippen molar-refractivity contribution in [2.75, 3.05) is 0 Å². The van der Waals surface area contributed by atoms with Crippen LogP contribution < -0.4 is 5.73 Å². The van der Waals surface area contributed by atoms with Crippen LogP contribution in [0.25, 0.3) is 0 Å².